The number of hydrogen-bond acceptors (Lipinski definition) is 5. The predicted molar refractivity (Wildman–Crippen MR) is 93.1 cm³/mol. The lowest BCUT2D eigenvalue weighted by atomic mass is 9.78. The molecule has 3 aliphatic rings. The van der Waals surface area contributed by atoms with Crippen LogP contribution >= 0.6 is 0 Å². The molecule has 0 aliphatic carbocycles. The highest BCUT2D eigenvalue weighted by Gasteiger charge is 2.41. The standard InChI is InChI=1S/C19H29NO4/c1-4-9-24-19-16(22-2)11-13(12-17(19)23-3)10-15-18(21)14-5-7-20(15)8-6-14/h11-12,14-15,18,21H,4-10H2,1-3H3. The van der Waals surface area contributed by atoms with Crippen molar-refractivity contribution in [1.29, 1.82) is 0 Å². The average Bonchev–Trinajstić information content (AvgIpc) is 2.63. The van der Waals surface area contributed by atoms with Crippen molar-refractivity contribution in [2.24, 2.45) is 5.92 Å². The summed E-state index contributed by atoms with van der Waals surface area (Å²) in [5.41, 5.74) is 1.11. The van der Waals surface area contributed by atoms with Crippen LogP contribution < -0.4 is 14.2 Å². The molecule has 0 aromatic heterocycles. The van der Waals surface area contributed by atoms with E-state index in [0.717, 1.165) is 44.3 Å². The number of hydrogen-bond donors (Lipinski definition) is 1. The van der Waals surface area contributed by atoms with Gasteiger partial charge in [0, 0.05) is 6.04 Å². The summed E-state index contributed by atoms with van der Waals surface area (Å²) in [7, 11) is 3.30. The predicted octanol–water partition coefficient (Wildman–Crippen LogP) is 2.49. The van der Waals surface area contributed by atoms with Crippen molar-refractivity contribution in [3.63, 3.8) is 0 Å². The lowest BCUT2D eigenvalue weighted by Gasteiger charge is -2.49. The Morgan fingerprint density at radius 1 is 1.12 bits per heavy atom. The van der Waals surface area contributed by atoms with Gasteiger partial charge in [-0.1, -0.05) is 6.92 Å². The summed E-state index contributed by atoms with van der Waals surface area (Å²) in [6, 6.07) is 4.22. The third-order valence-electron chi connectivity index (χ3n) is 5.34. The Morgan fingerprint density at radius 3 is 2.25 bits per heavy atom. The summed E-state index contributed by atoms with van der Waals surface area (Å²) in [6.45, 7) is 4.89. The Morgan fingerprint density at radius 2 is 1.75 bits per heavy atom. The van der Waals surface area contributed by atoms with Crippen LogP contribution in [-0.4, -0.2) is 56.1 Å². The average molecular weight is 335 g/mol. The van der Waals surface area contributed by atoms with E-state index in [-0.39, 0.29) is 12.1 Å². The van der Waals surface area contributed by atoms with Crippen LogP contribution in [0.3, 0.4) is 0 Å². The first kappa shape index (κ1) is 17.4. The van der Waals surface area contributed by atoms with Gasteiger partial charge in [0.2, 0.25) is 5.75 Å². The zero-order valence-corrected chi connectivity index (χ0v) is 15.0. The van der Waals surface area contributed by atoms with Crippen LogP contribution in [0, 0.1) is 5.92 Å². The topological polar surface area (TPSA) is 51.2 Å². The third kappa shape index (κ3) is 3.33. The molecule has 5 nitrogen and oxygen atoms in total. The molecule has 2 unspecified atom stereocenters. The van der Waals surface area contributed by atoms with Crippen molar-refractivity contribution in [3.05, 3.63) is 17.7 Å². The quantitative estimate of drug-likeness (QED) is 0.830. The van der Waals surface area contributed by atoms with E-state index in [2.05, 4.69) is 11.8 Å². The van der Waals surface area contributed by atoms with Crippen molar-refractivity contribution in [2.75, 3.05) is 33.9 Å². The summed E-state index contributed by atoms with van der Waals surface area (Å²) >= 11 is 0. The molecule has 0 saturated carbocycles. The van der Waals surface area contributed by atoms with Crippen molar-refractivity contribution in [1.82, 2.24) is 4.90 Å². The molecule has 0 amide bonds. The fraction of sp³-hybridized carbons (Fsp3) is 0.684. The normalized spacial score (nSPS) is 28.7. The largest absolute Gasteiger partial charge is 0.493 e. The van der Waals surface area contributed by atoms with Crippen molar-refractivity contribution in [3.8, 4) is 17.2 Å². The lowest BCUT2D eigenvalue weighted by molar-refractivity contribution is -0.0715. The summed E-state index contributed by atoms with van der Waals surface area (Å²) < 4.78 is 16.8. The van der Waals surface area contributed by atoms with Crippen LogP contribution in [0.15, 0.2) is 12.1 Å². The van der Waals surface area contributed by atoms with Crippen LogP contribution in [0.2, 0.25) is 0 Å². The Hall–Kier alpha value is -1.46. The molecule has 1 N–H and O–H groups in total. The molecule has 3 fully saturated rings. The number of aliphatic hydroxyl groups excluding tert-OH is 1. The van der Waals surface area contributed by atoms with Gasteiger partial charge in [-0.15, -0.1) is 0 Å². The minimum Gasteiger partial charge on any atom is -0.493 e. The van der Waals surface area contributed by atoms with E-state index < -0.39 is 0 Å². The van der Waals surface area contributed by atoms with Gasteiger partial charge < -0.3 is 19.3 Å². The molecule has 4 rings (SSSR count). The SMILES string of the molecule is CCCOc1c(OC)cc(CC2C(O)C3CCN2CC3)cc1OC. The second-order valence-electron chi connectivity index (χ2n) is 6.81. The number of piperidine rings is 3. The fourth-order valence-electron chi connectivity index (χ4n) is 4.01. The van der Waals surface area contributed by atoms with E-state index in [1.807, 2.05) is 12.1 Å². The van der Waals surface area contributed by atoms with E-state index in [9.17, 15) is 5.11 Å². The van der Waals surface area contributed by atoms with E-state index >= 15 is 0 Å². The highest BCUT2D eigenvalue weighted by atomic mass is 16.5. The first-order valence-corrected chi connectivity index (χ1v) is 8.97. The van der Waals surface area contributed by atoms with Crippen LogP contribution in [-0.2, 0) is 6.42 Å². The second-order valence-corrected chi connectivity index (χ2v) is 6.81. The van der Waals surface area contributed by atoms with Gasteiger partial charge in [0.05, 0.1) is 26.9 Å². The smallest absolute Gasteiger partial charge is 0.203 e. The highest BCUT2D eigenvalue weighted by molar-refractivity contribution is 5.54. The molecule has 3 saturated heterocycles. The zero-order valence-electron chi connectivity index (χ0n) is 15.0. The molecule has 0 spiro atoms. The molecule has 2 atom stereocenters. The minimum absolute atomic E-state index is 0.189. The minimum atomic E-state index is -0.236. The van der Waals surface area contributed by atoms with Crippen molar-refractivity contribution in [2.45, 2.75) is 44.8 Å². The first-order chi connectivity index (χ1) is 11.7. The van der Waals surface area contributed by atoms with Crippen LogP contribution in [0.1, 0.15) is 31.7 Å². The maximum Gasteiger partial charge on any atom is 0.203 e. The van der Waals surface area contributed by atoms with Gasteiger partial charge in [0.1, 0.15) is 0 Å². The van der Waals surface area contributed by atoms with Gasteiger partial charge in [-0.3, -0.25) is 4.90 Å². The van der Waals surface area contributed by atoms with Crippen LogP contribution in [0.5, 0.6) is 17.2 Å². The molecule has 2 bridgehead atoms. The van der Waals surface area contributed by atoms with Gasteiger partial charge in [0.25, 0.3) is 0 Å². The molecule has 1 aromatic rings. The Kier molecular flexibility index (Phi) is 5.51. The third-order valence-corrected chi connectivity index (χ3v) is 5.34. The van der Waals surface area contributed by atoms with Gasteiger partial charge >= 0.3 is 0 Å². The molecule has 24 heavy (non-hydrogen) atoms. The van der Waals surface area contributed by atoms with Crippen molar-refractivity contribution < 1.29 is 19.3 Å². The van der Waals surface area contributed by atoms with Gasteiger partial charge in [-0.25, -0.2) is 0 Å². The molecule has 5 heteroatoms. The van der Waals surface area contributed by atoms with E-state index in [1.54, 1.807) is 14.2 Å². The Bertz CT molecular complexity index is 527. The van der Waals surface area contributed by atoms with E-state index in [0.29, 0.717) is 29.8 Å². The number of benzene rings is 1. The lowest BCUT2D eigenvalue weighted by Crippen LogP contribution is -2.58. The number of fused-ring (bicyclic) bond motifs is 3. The highest BCUT2D eigenvalue weighted by Crippen LogP contribution is 2.40. The van der Waals surface area contributed by atoms with E-state index in [4.69, 9.17) is 14.2 Å². The first-order valence-electron chi connectivity index (χ1n) is 8.97. The van der Waals surface area contributed by atoms with Gasteiger partial charge in [0.15, 0.2) is 11.5 Å². The molecule has 1 aromatic carbocycles. The Labute approximate surface area is 144 Å². The fourth-order valence-corrected chi connectivity index (χ4v) is 4.01. The Balaban J connectivity index is 1.83. The molecular weight excluding hydrogens is 306 g/mol. The molecular formula is C19H29NO4. The van der Waals surface area contributed by atoms with Crippen molar-refractivity contribution >= 4 is 0 Å². The van der Waals surface area contributed by atoms with Gasteiger partial charge in [-0.05, 0) is 62.4 Å². The number of aliphatic hydroxyl groups is 1. The van der Waals surface area contributed by atoms with E-state index in [1.165, 1.54) is 0 Å². The van der Waals surface area contributed by atoms with Gasteiger partial charge in [-0.2, -0.15) is 0 Å². The molecule has 134 valence electrons. The summed E-state index contributed by atoms with van der Waals surface area (Å²) in [5.74, 6) is 2.51. The summed E-state index contributed by atoms with van der Waals surface area (Å²) in [6.07, 6.45) is 3.74. The maximum absolute atomic E-state index is 10.6. The molecule has 3 heterocycles. The molecule has 3 aliphatic heterocycles. The second kappa shape index (κ2) is 7.62. The number of nitrogens with zero attached hydrogens (tertiary/aromatic N) is 1. The van der Waals surface area contributed by atoms with Crippen LogP contribution in [0.25, 0.3) is 0 Å². The summed E-state index contributed by atoms with van der Waals surface area (Å²) in [4.78, 5) is 2.42. The maximum atomic E-state index is 10.6. The summed E-state index contributed by atoms with van der Waals surface area (Å²) in [5, 5.41) is 10.6. The molecule has 0 radical (unpaired) electrons. The van der Waals surface area contributed by atoms with Crippen LogP contribution in [0.4, 0.5) is 0 Å². The number of rotatable bonds is 7. The zero-order chi connectivity index (χ0) is 17.1. The number of methoxy groups -OCH3 is 2. The number of ether oxygens (including phenoxy) is 3. The monoisotopic (exact) mass is 335 g/mol.